The van der Waals surface area contributed by atoms with Crippen LogP contribution < -0.4 is 0 Å². The molecule has 0 atom stereocenters. The van der Waals surface area contributed by atoms with E-state index in [0.29, 0.717) is 17.7 Å². The van der Waals surface area contributed by atoms with Gasteiger partial charge in [-0.15, -0.1) is 11.8 Å². The van der Waals surface area contributed by atoms with E-state index in [1.165, 1.54) is 61.0 Å². The molecule has 3 aliphatic carbocycles. The van der Waals surface area contributed by atoms with Crippen molar-refractivity contribution in [2.24, 2.45) is 5.92 Å². The summed E-state index contributed by atoms with van der Waals surface area (Å²) < 4.78 is 0. The Bertz CT molecular complexity index is 548. The summed E-state index contributed by atoms with van der Waals surface area (Å²) in [5.74, 6) is 1.77. The number of hydrogen-bond donors (Lipinski definition) is 0. The summed E-state index contributed by atoms with van der Waals surface area (Å²) in [7, 11) is 0. The maximum atomic E-state index is 12.5. The molecule has 0 spiro atoms. The van der Waals surface area contributed by atoms with E-state index in [-0.39, 0.29) is 0 Å². The molecule has 21 heavy (non-hydrogen) atoms. The fourth-order valence-electron chi connectivity index (χ4n) is 3.29. The van der Waals surface area contributed by atoms with Gasteiger partial charge in [0.05, 0.1) is 5.75 Å². The zero-order valence-electron chi connectivity index (χ0n) is 12.5. The summed E-state index contributed by atoms with van der Waals surface area (Å²) in [5, 5.41) is 0. The van der Waals surface area contributed by atoms with Gasteiger partial charge in [0, 0.05) is 17.5 Å². The molecule has 2 nitrogen and oxygen atoms in total. The average Bonchev–Trinajstić information content (AvgIpc) is 3.40. The van der Waals surface area contributed by atoms with E-state index in [2.05, 4.69) is 23.1 Å². The fraction of sp³-hybridized carbons (Fsp3) is 0.611. The highest BCUT2D eigenvalue weighted by atomic mass is 32.2. The second kappa shape index (κ2) is 5.68. The lowest BCUT2D eigenvalue weighted by molar-refractivity contribution is -0.129. The van der Waals surface area contributed by atoms with Gasteiger partial charge in [-0.25, -0.2) is 0 Å². The van der Waals surface area contributed by atoms with E-state index in [0.717, 1.165) is 12.5 Å². The first-order chi connectivity index (χ1) is 10.3. The van der Waals surface area contributed by atoms with Crippen molar-refractivity contribution in [3.05, 3.63) is 29.3 Å². The van der Waals surface area contributed by atoms with Gasteiger partial charge >= 0.3 is 0 Å². The van der Waals surface area contributed by atoms with Crippen molar-refractivity contribution in [3.8, 4) is 0 Å². The predicted octanol–water partition coefficient (Wildman–Crippen LogP) is 3.67. The standard InChI is InChI=1S/C18H23NOS/c20-18(19(16-7-8-16)11-13-4-5-13)12-21-17-9-6-14-2-1-3-15(14)10-17/h6,9-10,13,16H,1-5,7-8,11-12H2. The number of carbonyl (C=O) groups is 1. The lowest BCUT2D eigenvalue weighted by Crippen LogP contribution is -2.36. The van der Waals surface area contributed by atoms with Gasteiger partial charge in [0.25, 0.3) is 0 Å². The molecule has 3 heteroatoms. The minimum Gasteiger partial charge on any atom is -0.339 e. The summed E-state index contributed by atoms with van der Waals surface area (Å²) in [6, 6.07) is 7.34. The number of hydrogen-bond acceptors (Lipinski definition) is 2. The molecular formula is C18H23NOS. The predicted molar refractivity (Wildman–Crippen MR) is 86.7 cm³/mol. The van der Waals surface area contributed by atoms with Crippen molar-refractivity contribution in [2.75, 3.05) is 12.3 Å². The molecular weight excluding hydrogens is 278 g/mol. The number of amides is 1. The van der Waals surface area contributed by atoms with Crippen LogP contribution in [0.2, 0.25) is 0 Å². The fourth-order valence-corrected chi connectivity index (χ4v) is 4.13. The summed E-state index contributed by atoms with van der Waals surface area (Å²) >= 11 is 1.72. The lowest BCUT2D eigenvalue weighted by Gasteiger charge is -2.22. The summed E-state index contributed by atoms with van der Waals surface area (Å²) in [5.41, 5.74) is 3.02. The zero-order chi connectivity index (χ0) is 14.2. The van der Waals surface area contributed by atoms with Crippen LogP contribution in [0.5, 0.6) is 0 Å². The molecule has 0 aliphatic heterocycles. The van der Waals surface area contributed by atoms with Gasteiger partial charge in [-0.2, -0.15) is 0 Å². The van der Waals surface area contributed by atoms with Gasteiger partial charge in [0.2, 0.25) is 5.91 Å². The van der Waals surface area contributed by atoms with Gasteiger partial charge in [-0.3, -0.25) is 4.79 Å². The van der Waals surface area contributed by atoms with Crippen molar-refractivity contribution in [2.45, 2.75) is 55.9 Å². The molecule has 2 saturated carbocycles. The molecule has 3 aliphatic rings. The van der Waals surface area contributed by atoms with Crippen LogP contribution in [0.1, 0.15) is 43.2 Å². The second-order valence-corrected chi connectivity index (χ2v) is 7.84. The van der Waals surface area contributed by atoms with Gasteiger partial charge in [0.15, 0.2) is 0 Å². The quantitative estimate of drug-likeness (QED) is 0.747. The average molecular weight is 301 g/mol. The Hall–Kier alpha value is -0.960. The maximum Gasteiger partial charge on any atom is 0.233 e. The molecule has 1 aromatic rings. The number of carbonyl (C=O) groups excluding carboxylic acids is 1. The van der Waals surface area contributed by atoms with Crippen LogP contribution in [0, 0.1) is 5.92 Å². The number of nitrogens with zero attached hydrogens (tertiary/aromatic N) is 1. The second-order valence-electron chi connectivity index (χ2n) is 6.79. The molecule has 2 fully saturated rings. The Morgan fingerprint density at radius 3 is 2.71 bits per heavy atom. The van der Waals surface area contributed by atoms with E-state index in [9.17, 15) is 4.79 Å². The van der Waals surface area contributed by atoms with Crippen molar-refractivity contribution in [1.29, 1.82) is 0 Å². The minimum atomic E-state index is 0.356. The summed E-state index contributed by atoms with van der Waals surface area (Å²) in [6.07, 6.45) is 8.84. The SMILES string of the molecule is O=C(CSc1ccc2c(c1)CCC2)N(CC1CC1)C1CC1. The lowest BCUT2D eigenvalue weighted by atomic mass is 10.1. The Kier molecular flexibility index (Phi) is 3.70. The third-order valence-corrected chi connectivity index (χ3v) is 5.87. The normalized spacial score (nSPS) is 20.4. The number of thioether (sulfide) groups is 1. The molecule has 112 valence electrons. The number of rotatable bonds is 6. The van der Waals surface area contributed by atoms with Crippen LogP contribution in [0.4, 0.5) is 0 Å². The number of benzene rings is 1. The first-order valence-electron chi connectivity index (χ1n) is 8.33. The van der Waals surface area contributed by atoms with E-state index in [1.54, 1.807) is 11.8 Å². The Labute approximate surface area is 131 Å². The number of fused-ring (bicyclic) bond motifs is 1. The van der Waals surface area contributed by atoms with Crippen LogP contribution in [0.3, 0.4) is 0 Å². The van der Waals surface area contributed by atoms with Crippen molar-refractivity contribution in [3.63, 3.8) is 0 Å². The van der Waals surface area contributed by atoms with Crippen molar-refractivity contribution in [1.82, 2.24) is 4.90 Å². The van der Waals surface area contributed by atoms with E-state index in [1.807, 2.05) is 0 Å². The van der Waals surface area contributed by atoms with Gasteiger partial charge in [-0.1, -0.05) is 6.07 Å². The molecule has 0 unspecified atom stereocenters. The van der Waals surface area contributed by atoms with Crippen LogP contribution in [0.15, 0.2) is 23.1 Å². The van der Waals surface area contributed by atoms with Crippen molar-refractivity contribution >= 4 is 17.7 Å². The first kappa shape index (κ1) is 13.7. The molecule has 0 aromatic heterocycles. The minimum absolute atomic E-state index is 0.356. The highest BCUT2D eigenvalue weighted by molar-refractivity contribution is 8.00. The molecule has 0 radical (unpaired) electrons. The maximum absolute atomic E-state index is 12.5. The Morgan fingerprint density at radius 1 is 1.14 bits per heavy atom. The van der Waals surface area contributed by atoms with E-state index < -0.39 is 0 Å². The van der Waals surface area contributed by atoms with E-state index >= 15 is 0 Å². The van der Waals surface area contributed by atoms with Gasteiger partial charge < -0.3 is 4.90 Å². The van der Waals surface area contributed by atoms with Crippen LogP contribution in [-0.4, -0.2) is 29.1 Å². The molecule has 4 rings (SSSR count). The third-order valence-electron chi connectivity index (χ3n) is 4.89. The molecule has 1 amide bonds. The summed E-state index contributed by atoms with van der Waals surface area (Å²) in [6.45, 7) is 1.02. The molecule has 0 saturated heterocycles. The van der Waals surface area contributed by atoms with Gasteiger partial charge in [-0.05, 0) is 74.1 Å². The van der Waals surface area contributed by atoms with E-state index in [4.69, 9.17) is 0 Å². The largest absolute Gasteiger partial charge is 0.339 e. The topological polar surface area (TPSA) is 20.3 Å². The zero-order valence-corrected chi connectivity index (χ0v) is 13.3. The highest BCUT2D eigenvalue weighted by Crippen LogP contribution is 2.35. The number of aryl methyl sites for hydroxylation is 2. The molecule has 0 heterocycles. The smallest absolute Gasteiger partial charge is 0.233 e. The molecule has 0 bridgehead atoms. The van der Waals surface area contributed by atoms with Gasteiger partial charge in [0.1, 0.15) is 0 Å². The van der Waals surface area contributed by atoms with Crippen LogP contribution >= 0.6 is 11.8 Å². The Balaban J connectivity index is 1.35. The highest BCUT2D eigenvalue weighted by Gasteiger charge is 2.36. The third kappa shape index (κ3) is 3.28. The van der Waals surface area contributed by atoms with Crippen molar-refractivity contribution < 1.29 is 4.79 Å². The first-order valence-corrected chi connectivity index (χ1v) is 9.32. The molecule has 1 aromatic carbocycles. The Morgan fingerprint density at radius 2 is 1.95 bits per heavy atom. The molecule has 0 N–H and O–H groups in total. The summed E-state index contributed by atoms with van der Waals surface area (Å²) in [4.78, 5) is 15.9. The van der Waals surface area contributed by atoms with Crippen LogP contribution in [-0.2, 0) is 17.6 Å². The monoisotopic (exact) mass is 301 g/mol. The van der Waals surface area contributed by atoms with Crippen LogP contribution in [0.25, 0.3) is 0 Å².